The highest BCUT2D eigenvalue weighted by Gasteiger charge is 2.08. The molecule has 21 heavy (non-hydrogen) atoms. The van der Waals surface area contributed by atoms with E-state index in [1.165, 1.54) is 6.92 Å². The first-order valence-electron chi connectivity index (χ1n) is 6.59. The van der Waals surface area contributed by atoms with Crippen LogP contribution in [0.25, 0.3) is 0 Å². The Morgan fingerprint density at radius 3 is 2.67 bits per heavy atom. The molecular weight excluding hydrogens is 274 g/mol. The summed E-state index contributed by atoms with van der Waals surface area (Å²) >= 11 is 0. The molecule has 0 atom stereocenters. The predicted octanol–water partition coefficient (Wildman–Crippen LogP) is 1.26. The van der Waals surface area contributed by atoms with E-state index in [2.05, 4.69) is 16.0 Å². The van der Waals surface area contributed by atoms with Gasteiger partial charge >= 0.3 is 6.03 Å². The number of hydrogen-bond donors (Lipinski definition) is 3. The minimum Gasteiger partial charge on any atom is -0.484 e. The molecule has 0 bridgehead atoms. The standard InChI is InChI=1S/C14H19N3O4/c1-3-7-15-14(20)17-13(19)9-21-12-6-4-5-11(8-12)16-10(2)18/h4-6,8H,3,7,9H2,1-2H3,(H,16,18)(H2,15,17,19,20). The topological polar surface area (TPSA) is 96.5 Å². The van der Waals surface area contributed by atoms with Gasteiger partial charge in [0, 0.05) is 25.2 Å². The lowest BCUT2D eigenvalue weighted by Gasteiger charge is -2.09. The van der Waals surface area contributed by atoms with E-state index in [0.717, 1.165) is 6.42 Å². The molecule has 1 rings (SSSR count). The Bertz CT molecular complexity index is 517. The van der Waals surface area contributed by atoms with Crippen LogP contribution in [0.5, 0.6) is 5.75 Å². The zero-order valence-electron chi connectivity index (χ0n) is 12.1. The molecule has 0 aliphatic carbocycles. The molecule has 0 saturated carbocycles. The van der Waals surface area contributed by atoms with Crippen molar-refractivity contribution in [3.05, 3.63) is 24.3 Å². The maximum absolute atomic E-state index is 11.5. The molecule has 0 aromatic heterocycles. The minimum absolute atomic E-state index is 0.197. The Morgan fingerprint density at radius 1 is 1.24 bits per heavy atom. The van der Waals surface area contributed by atoms with Gasteiger partial charge in [0.15, 0.2) is 6.61 Å². The van der Waals surface area contributed by atoms with Crippen molar-refractivity contribution in [2.45, 2.75) is 20.3 Å². The lowest BCUT2D eigenvalue weighted by molar-refractivity contribution is -0.122. The van der Waals surface area contributed by atoms with Crippen molar-refractivity contribution in [3.8, 4) is 5.75 Å². The molecule has 1 aromatic rings. The number of amides is 4. The van der Waals surface area contributed by atoms with Gasteiger partial charge < -0.3 is 15.4 Å². The number of rotatable bonds is 6. The van der Waals surface area contributed by atoms with E-state index in [1.807, 2.05) is 6.92 Å². The highest BCUT2D eigenvalue weighted by atomic mass is 16.5. The van der Waals surface area contributed by atoms with Crippen LogP contribution in [0.15, 0.2) is 24.3 Å². The fraction of sp³-hybridized carbons (Fsp3) is 0.357. The van der Waals surface area contributed by atoms with Gasteiger partial charge in [0.1, 0.15) is 5.75 Å². The van der Waals surface area contributed by atoms with Crippen LogP contribution in [-0.2, 0) is 9.59 Å². The Hall–Kier alpha value is -2.57. The Balaban J connectivity index is 2.42. The average Bonchev–Trinajstić information content (AvgIpc) is 2.42. The SMILES string of the molecule is CCCNC(=O)NC(=O)COc1cccc(NC(C)=O)c1. The summed E-state index contributed by atoms with van der Waals surface area (Å²) in [6.45, 7) is 3.52. The number of nitrogens with one attached hydrogen (secondary N) is 3. The van der Waals surface area contributed by atoms with Crippen molar-refractivity contribution >= 4 is 23.5 Å². The van der Waals surface area contributed by atoms with Crippen LogP contribution in [-0.4, -0.2) is 31.0 Å². The molecule has 0 fully saturated rings. The molecule has 0 aliphatic rings. The highest BCUT2D eigenvalue weighted by molar-refractivity contribution is 5.95. The molecule has 0 heterocycles. The third kappa shape index (κ3) is 6.95. The molecule has 4 amide bonds. The number of ether oxygens (including phenoxy) is 1. The molecule has 3 N–H and O–H groups in total. The van der Waals surface area contributed by atoms with E-state index in [1.54, 1.807) is 24.3 Å². The summed E-state index contributed by atoms with van der Waals surface area (Å²) < 4.78 is 5.25. The molecule has 7 heteroatoms. The van der Waals surface area contributed by atoms with Crippen molar-refractivity contribution in [2.24, 2.45) is 0 Å². The molecule has 0 saturated heterocycles. The fourth-order valence-electron chi connectivity index (χ4n) is 1.46. The second-order valence-corrected chi connectivity index (χ2v) is 4.30. The zero-order valence-corrected chi connectivity index (χ0v) is 12.1. The molecule has 0 aliphatic heterocycles. The van der Waals surface area contributed by atoms with Gasteiger partial charge in [0.25, 0.3) is 5.91 Å². The summed E-state index contributed by atoms with van der Waals surface area (Å²) in [5.41, 5.74) is 0.570. The van der Waals surface area contributed by atoms with E-state index >= 15 is 0 Å². The van der Waals surface area contributed by atoms with Crippen LogP contribution < -0.4 is 20.7 Å². The summed E-state index contributed by atoms with van der Waals surface area (Å²) in [7, 11) is 0. The maximum atomic E-state index is 11.5. The number of carbonyl (C=O) groups is 3. The second-order valence-electron chi connectivity index (χ2n) is 4.30. The van der Waals surface area contributed by atoms with Gasteiger partial charge in [-0.1, -0.05) is 13.0 Å². The summed E-state index contributed by atoms with van der Waals surface area (Å²) in [6.07, 6.45) is 0.786. The lowest BCUT2D eigenvalue weighted by Crippen LogP contribution is -2.41. The van der Waals surface area contributed by atoms with Crippen molar-refractivity contribution in [1.29, 1.82) is 0 Å². The van der Waals surface area contributed by atoms with Crippen LogP contribution in [0.4, 0.5) is 10.5 Å². The molecule has 0 spiro atoms. The van der Waals surface area contributed by atoms with Gasteiger partial charge in [-0.25, -0.2) is 4.79 Å². The van der Waals surface area contributed by atoms with Gasteiger partial charge in [-0.3, -0.25) is 14.9 Å². The Kier molecular flexibility index (Phi) is 6.73. The molecule has 1 aromatic carbocycles. The summed E-state index contributed by atoms with van der Waals surface area (Å²) in [5.74, 6) is -0.323. The Morgan fingerprint density at radius 2 is 2.00 bits per heavy atom. The van der Waals surface area contributed by atoms with E-state index in [9.17, 15) is 14.4 Å². The molecule has 0 radical (unpaired) electrons. The van der Waals surface area contributed by atoms with Crippen LogP contribution >= 0.6 is 0 Å². The quantitative estimate of drug-likeness (QED) is 0.735. The van der Waals surface area contributed by atoms with Gasteiger partial charge in [0.2, 0.25) is 5.91 Å². The first kappa shape index (κ1) is 16.5. The molecule has 0 unspecified atom stereocenters. The molecular formula is C14H19N3O4. The van der Waals surface area contributed by atoms with Crippen LogP contribution in [0.3, 0.4) is 0 Å². The number of urea groups is 1. The molecule has 7 nitrogen and oxygen atoms in total. The van der Waals surface area contributed by atoms with Gasteiger partial charge in [-0.05, 0) is 18.6 Å². The number of anilines is 1. The smallest absolute Gasteiger partial charge is 0.321 e. The summed E-state index contributed by atoms with van der Waals surface area (Å²) in [4.78, 5) is 33.7. The second kappa shape index (κ2) is 8.57. The van der Waals surface area contributed by atoms with E-state index in [-0.39, 0.29) is 12.5 Å². The highest BCUT2D eigenvalue weighted by Crippen LogP contribution is 2.17. The van der Waals surface area contributed by atoms with Crippen molar-refractivity contribution < 1.29 is 19.1 Å². The largest absolute Gasteiger partial charge is 0.484 e. The zero-order chi connectivity index (χ0) is 15.7. The number of benzene rings is 1. The Labute approximate surface area is 123 Å². The maximum Gasteiger partial charge on any atom is 0.321 e. The van der Waals surface area contributed by atoms with E-state index in [0.29, 0.717) is 18.0 Å². The van der Waals surface area contributed by atoms with Gasteiger partial charge in [-0.15, -0.1) is 0 Å². The number of imide groups is 1. The first-order valence-corrected chi connectivity index (χ1v) is 6.59. The lowest BCUT2D eigenvalue weighted by atomic mass is 10.3. The summed E-state index contributed by atoms with van der Waals surface area (Å²) in [6, 6.07) is 6.08. The summed E-state index contributed by atoms with van der Waals surface area (Å²) in [5, 5.41) is 7.27. The van der Waals surface area contributed by atoms with Crippen LogP contribution in [0.1, 0.15) is 20.3 Å². The number of carbonyl (C=O) groups excluding carboxylic acids is 3. The average molecular weight is 293 g/mol. The van der Waals surface area contributed by atoms with E-state index in [4.69, 9.17) is 4.74 Å². The fourth-order valence-corrected chi connectivity index (χ4v) is 1.46. The van der Waals surface area contributed by atoms with Gasteiger partial charge in [-0.2, -0.15) is 0 Å². The van der Waals surface area contributed by atoms with Crippen molar-refractivity contribution in [2.75, 3.05) is 18.5 Å². The normalized spacial score (nSPS) is 9.62. The van der Waals surface area contributed by atoms with Gasteiger partial charge in [0.05, 0.1) is 0 Å². The number of hydrogen-bond acceptors (Lipinski definition) is 4. The predicted molar refractivity (Wildman–Crippen MR) is 78.1 cm³/mol. The third-order valence-corrected chi connectivity index (χ3v) is 2.31. The molecule has 114 valence electrons. The van der Waals surface area contributed by atoms with E-state index < -0.39 is 11.9 Å². The minimum atomic E-state index is -0.548. The van der Waals surface area contributed by atoms with Crippen molar-refractivity contribution in [1.82, 2.24) is 10.6 Å². The first-order chi connectivity index (χ1) is 10.0. The van der Waals surface area contributed by atoms with Crippen LogP contribution in [0.2, 0.25) is 0 Å². The van der Waals surface area contributed by atoms with Crippen LogP contribution in [0, 0.1) is 0 Å². The monoisotopic (exact) mass is 293 g/mol. The third-order valence-electron chi connectivity index (χ3n) is 2.31. The van der Waals surface area contributed by atoms with Crippen molar-refractivity contribution in [3.63, 3.8) is 0 Å².